The number of hydrogen-bond donors (Lipinski definition) is 1. The lowest BCUT2D eigenvalue weighted by Crippen LogP contribution is -2.28. The minimum atomic E-state index is -0.430. The van der Waals surface area contributed by atoms with E-state index in [0.717, 1.165) is 11.3 Å². The van der Waals surface area contributed by atoms with Crippen LogP contribution in [0.25, 0.3) is 0 Å². The van der Waals surface area contributed by atoms with E-state index in [1.807, 2.05) is 33.8 Å². The van der Waals surface area contributed by atoms with Gasteiger partial charge in [0.2, 0.25) is 5.91 Å². The smallest absolute Gasteiger partial charge is 0.230 e. The first kappa shape index (κ1) is 13.6. The molecule has 17 heavy (non-hydrogen) atoms. The lowest BCUT2D eigenvalue weighted by molar-refractivity contribution is -0.123. The Kier molecular flexibility index (Phi) is 3.86. The van der Waals surface area contributed by atoms with Gasteiger partial charge in [0.15, 0.2) is 5.82 Å². The van der Waals surface area contributed by atoms with Gasteiger partial charge in [-0.2, -0.15) is 5.10 Å². The molecule has 1 heterocycles. The van der Waals surface area contributed by atoms with Crippen molar-refractivity contribution in [3.63, 3.8) is 0 Å². The molecule has 0 aromatic carbocycles. The number of nitrogens with one attached hydrogen (secondary N) is 1. The summed E-state index contributed by atoms with van der Waals surface area (Å²) in [6.07, 6.45) is 0. The Bertz CT molecular complexity index is 419. The van der Waals surface area contributed by atoms with Crippen molar-refractivity contribution in [1.29, 1.82) is 0 Å². The molecule has 0 unspecified atom stereocenters. The second-order valence-electron chi connectivity index (χ2n) is 5.65. The number of aryl methyl sites for hydroxylation is 1. The van der Waals surface area contributed by atoms with E-state index in [4.69, 9.17) is 0 Å². The highest BCUT2D eigenvalue weighted by Gasteiger charge is 2.23. The number of amides is 1. The third-order valence-corrected chi connectivity index (χ3v) is 2.48. The third kappa shape index (κ3) is 3.51. The van der Waals surface area contributed by atoms with Crippen LogP contribution in [0.2, 0.25) is 0 Å². The van der Waals surface area contributed by atoms with Gasteiger partial charge < -0.3 is 5.32 Å². The maximum atomic E-state index is 11.9. The van der Waals surface area contributed by atoms with E-state index in [0.29, 0.717) is 11.7 Å². The summed E-state index contributed by atoms with van der Waals surface area (Å²) in [6.45, 7) is 11.7. The Morgan fingerprint density at radius 3 is 2.35 bits per heavy atom. The average molecular weight is 235 g/mol. The summed E-state index contributed by atoms with van der Waals surface area (Å²) in [5, 5.41) is 10.9. The Morgan fingerprint density at radius 1 is 1.29 bits per heavy atom. The number of nitrogens with zero attached hydrogens (tertiary/aromatic N) is 2. The first-order valence-corrected chi connectivity index (χ1v) is 5.87. The first-order valence-electron chi connectivity index (χ1n) is 5.87. The van der Waals surface area contributed by atoms with Crippen LogP contribution in [-0.4, -0.2) is 16.1 Å². The molecular weight excluding hydrogens is 214 g/mol. The van der Waals surface area contributed by atoms with E-state index in [1.165, 1.54) is 0 Å². The van der Waals surface area contributed by atoms with Crippen molar-refractivity contribution in [2.75, 3.05) is 5.32 Å². The molecule has 0 saturated heterocycles. The molecule has 4 heteroatoms. The maximum Gasteiger partial charge on any atom is 0.230 e. The van der Waals surface area contributed by atoms with Crippen molar-refractivity contribution in [3.05, 3.63) is 17.3 Å². The van der Waals surface area contributed by atoms with E-state index < -0.39 is 5.41 Å². The molecule has 0 radical (unpaired) electrons. The summed E-state index contributed by atoms with van der Waals surface area (Å²) in [5.41, 5.74) is 1.46. The van der Waals surface area contributed by atoms with Gasteiger partial charge >= 0.3 is 0 Å². The molecule has 0 aliphatic heterocycles. The second-order valence-corrected chi connectivity index (χ2v) is 5.65. The van der Waals surface area contributed by atoms with E-state index in [1.54, 1.807) is 0 Å². The van der Waals surface area contributed by atoms with Crippen molar-refractivity contribution < 1.29 is 4.79 Å². The Hall–Kier alpha value is -1.45. The predicted octanol–water partition coefficient (Wildman–Crippen LogP) is 2.89. The summed E-state index contributed by atoms with van der Waals surface area (Å²) in [6, 6.07) is 1.97. The number of rotatable bonds is 2. The molecule has 1 aromatic heterocycles. The molecular formula is C13H21N3O. The highest BCUT2D eigenvalue weighted by molar-refractivity contribution is 5.94. The van der Waals surface area contributed by atoms with Crippen LogP contribution in [-0.2, 0) is 4.79 Å². The Balaban J connectivity index is 3.03. The highest BCUT2D eigenvalue weighted by Crippen LogP contribution is 2.24. The van der Waals surface area contributed by atoms with Crippen molar-refractivity contribution in [1.82, 2.24) is 10.2 Å². The number of hydrogen-bond acceptors (Lipinski definition) is 3. The molecule has 0 saturated carbocycles. The summed E-state index contributed by atoms with van der Waals surface area (Å²) in [7, 11) is 0. The molecule has 1 N–H and O–H groups in total. The molecule has 1 aromatic rings. The summed E-state index contributed by atoms with van der Waals surface area (Å²) < 4.78 is 0. The van der Waals surface area contributed by atoms with Gasteiger partial charge in [0.05, 0.1) is 5.69 Å². The predicted molar refractivity (Wildman–Crippen MR) is 68.9 cm³/mol. The lowest BCUT2D eigenvalue weighted by Gasteiger charge is -2.19. The largest absolute Gasteiger partial charge is 0.309 e. The van der Waals surface area contributed by atoms with Crippen LogP contribution in [0.3, 0.4) is 0 Å². The zero-order valence-corrected chi connectivity index (χ0v) is 11.5. The number of carbonyl (C=O) groups excluding carboxylic acids is 1. The van der Waals surface area contributed by atoms with Crippen LogP contribution >= 0.6 is 0 Å². The molecule has 0 spiro atoms. The van der Waals surface area contributed by atoms with E-state index in [-0.39, 0.29) is 5.91 Å². The lowest BCUT2D eigenvalue weighted by atomic mass is 9.95. The molecule has 1 amide bonds. The standard InChI is InChI=1S/C13H21N3O/c1-8(2)10-7-9(3)15-16-11(10)14-12(17)13(4,5)6/h7-8H,1-6H3,(H,14,16,17). The van der Waals surface area contributed by atoms with E-state index in [2.05, 4.69) is 29.4 Å². The molecule has 0 bridgehead atoms. The maximum absolute atomic E-state index is 11.9. The zero-order chi connectivity index (χ0) is 13.2. The minimum absolute atomic E-state index is 0.0439. The first-order chi connectivity index (χ1) is 7.71. The van der Waals surface area contributed by atoms with Gasteiger partial charge in [-0.15, -0.1) is 5.10 Å². The molecule has 94 valence electrons. The highest BCUT2D eigenvalue weighted by atomic mass is 16.2. The van der Waals surface area contributed by atoms with Crippen molar-refractivity contribution >= 4 is 11.7 Å². The fourth-order valence-corrected chi connectivity index (χ4v) is 1.34. The molecule has 0 aliphatic rings. The average Bonchev–Trinajstić information content (AvgIpc) is 2.18. The van der Waals surface area contributed by atoms with Gasteiger partial charge in [0.1, 0.15) is 0 Å². The van der Waals surface area contributed by atoms with Crippen LogP contribution in [0.15, 0.2) is 6.07 Å². The van der Waals surface area contributed by atoms with Crippen LogP contribution in [0.4, 0.5) is 5.82 Å². The molecule has 0 aliphatic carbocycles. The quantitative estimate of drug-likeness (QED) is 0.857. The molecule has 0 atom stereocenters. The van der Waals surface area contributed by atoms with Gasteiger partial charge in [0, 0.05) is 11.0 Å². The number of carbonyl (C=O) groups is 1. The minimum Gasteiger partial charge on any atom is -0.309 e. The van der Waals surface area contributed by atoms with Gasteiger partial charge in [0.25, 0.3) is 0 Å². The normalized spacial score (nSPS) is 11.7. The summed E-state index contributed by atoms with van der Waals surface area (Å²) in [4.78, 5) is 11.9. The topological polar surface area (TPSA) is 54.9 Å². The van der Waals surface area contributed by atoms with Crippen molar-refractivity contribution in [2.45, 2.75) is 47.5 Å². The van der Waals surface area contributed by atoms with Crippen molar-refractivity contribution in [3.8, 4) is 0 Å². The number of aromatic nitrogens is 2. The van der Waals surface area contributed by atoms with Gasteiger partial charge in [-0.05, 0) is 18.9 Å². The third-order valence-electron chi connectivity index (χ3n) is 2.48. The van der Waals surface area contributed by atoms with Gasteiger partial charge in [-0.1, -0.05) is 34.6 Å². The molecule has 4 nitrogen and oxygen atoms in total. The van der Waals surface area contributed by atoms with Crippen LogP contribution in [0.5, 0.6) is 0 Å². The van der Waals surface area contributed by atoms with Crippen LogP contribution in [0, 0.1) is 12.3 Å². The van der Waals surface area contributed by atoms with Crippen LogP contribution in [0.1, 0.15) is 51.8 Å². The van der Waals surface area contributed by atoms with Crippen LogP contribution < -0.4 is 5.32 Å². The summed E-state index contributed by atoms with van der Waals surface area (Å²) >= 11 is 0. The van der Waals surface area contributed by atoms with E-state index >= 15 is 0 Å². The fraction of sp³-hybridized carbons (Fsp3) is 0.615. The Labute approximate surface area is 103 Å². The Morgan fingerprint density at radius 2 is 1.88 bits per heavy atom. The fourth-order valence-electron chi connectivity index (χ4n) is 1.34. The monoisotopic (exact) mass is 235 g/mol. The van der Waals surface area contributed by atoms with Gasteiger partial charge in [-0.3, -0.25) is 4.79 Å². The molecule has 0 fully saturated rings. The van der Waals surface area contributed by atoms with E-state index in [9.17, 15) is 4.79 Å². The summed E-state index contributed by atoms with van der Waals surface area (Å²) in [5.74, 6) is 0.836. The zero-order valence-electron chi connectivity index (χ0n) is 11.5. The van der Waals surface area contributed by atoms with Crippen molar-refractivity contribution in [2.24, 2.45) is 5.41 Å². The second kappa shape index (κ2) is 4.82. The number of anilines is 1. The molecule has 1 rings (SSSR count). The SMILES string of the molecule is Cc1cc(C(C)C)c(NC(=O)C(C)(C)C)nn1. The van der Waals surface area contributed by atoms with Gasteiger partial charge in [-0.25, -0.2) is 0 Å².